The molecule has 1 aliphatic heterocycles. The molecule has 2 aliphatic rings. The molecule has 0 aromatic heterocycles. The number of carbonyl (C=O) groups excluding carboxylic acids is 1. The van der Waals surface area contributed by atoms with Gasteiger partial charge in [-0.3, -0.25) is 4.79 Å². The zero-order valence-electron chi connectivity index (χ0n) is 13.4. The maximum atomic E-state index is 12.6. The molecular formula is C17H24N2O3S. The average molecular weight is 336 g/mol. The number of hydrogen-bond acceptors (Lipinski definition) is 4. The topological polar surface area (TPSA) is 80.5 Å². The second kappa shape index (κ2) is 5.91. The van der Waals surface area contributed by atoms with E-state index in [2.05, 4.69) is 0 Å². The SMILES string of the molecule is CS(=O)(=O)CC1(CC(=O)N2C[C@@H](N)[C@H](c3ccccc3)C2)CC1. The number of benzene rings is 1. The van der Waals surface area contributed by atoms with Crippen molar-refractivity contribution in [1.29, 1.82) is 0 Å². The van der Waals surface area contributed by atoms with Crippen molar-refractivity contribution in [1.82, 2.24) is 4.90 Å². The van der Waals surface area contributed by atoms with Crippen molar-refractivity contribution in [2.24, 2.45) is 11.1 Å². The third-order valence-electron chi connectivity index (χ3n) is 5.00. The molecule has 2 fully saturated rings. The number of amides is 1. The highest BCUT2D eigenvalue weighted by Crippen LogP contribution is 2.50. The first kappa shape index (κ1) is 16.5. The molecule has 1 amide bonds. The van der Waals surface area contributed by atoms with Crippen LogP contribution in [-0.4, -0.2) is 50.4 Å². The van der Waals surface area contributed by atoms with Crippen molar-refractivity contribution in [2.75, 3.05) is 25.1 Å². The van der Waals surface area contributed by atoms with Crippen LogP contribution in [0.3, 0.4) is 0 Å². The number of sulfone groups is 1. The molecule has 23 heavy (non-hydrogen) atoms. The second-order valence-electron chi connectivity index (χ2n) is 7.23. The molecule has 1 aromatic rings. The number of nitrogens with two attached hydrogens (primary N) is 1. The summed E-state index contributed by atoms with van der Waals surface area (Å²) in [5.74, 6) is 0.318. The van der Waals surface area contributed by atoms with Crippen LogP contribution in [0.25, 0.3) is 0 Å². The highest BCUT2D eigenvalue weighted by atomic mass is 32.2. The van der Waals surface area contributed by atoms with Crippen molar-refractivity contribution < 1.29 is 13.2 Å². The molecule has 3 rings (SSSR count). The maximum absolute atomic E-state index is 12.6. The summed E-state index contributed by atoms with van der Waals surface area (Å²) < 4.78 is 23.1. The highest BCUT2D eigenvalue weighted by molar-refractivity contribution is 7.90. The minimum Gasteiger partial charge on any atom is -0.340 e. The summed E-state index contributed by atoms with van der Waals surface area (Å²) in [6, 6.07) is 9.96. The van der Waals surface area contributed by atoms with E-state index in [-0.39, 0.29) is 29.0 Å². The molecule has 0 radical (unpaired) electrons. The molecule has 2 atom stereocenters. The predicted molar refractivity (Wildman–Crippen MR) is 89.7 cm³/mol. The van der Waals surface area contributed by atoms with E-state index >= 15 is 0 Å². The minimum absolute atomic E-state index is 0.0417. The van der Waals surface area contributed by atoms with Gasteiger partial charge in [-0.2, -0.15) is 0 Å². The van der Waals surface area contributed by atoms with Gasteiger partial charge in [0.25, 0.3) is 0 Å². The van der Waals surface area contributed by atoms with Crippen LogP contribution in [-0.2, 0) is 14.6 Å². The lowest BCUT2D eigenvalue weighted by atomic mass is 9.95. The van der Waals surface area contributed by atoms with Crippen LogP contribution in [0.5, 0.6) is 0 Å². The van der Waals surface area contributed by atoms with E-state index in [1.807, 2.05) is 35.2 Å². The fourth-order valence-corrected chi connectivity index (χ4v) is 5.13. The first-order chi connectivity index (χ1) is 10.8. The lowest BCUT2D eigenvalue weighted by Crippen LogP contribution is -2.34. The standard InChI is InChI=1S/C17H24N2O3S/c1-23(21,22)12-17(7-8-17)9-16(20)19-10-14(15(18)11-19)13-5-3-2-4-6-13/h2-6,14-15H,7-12,18H2,1H3/t14-,15+/m0/s1. The van der Waals surface area contributed by atoms with Gasteiger partial charge in [0.2, 0.25) is 5.91 Å². The molecule has 1 aromatic carbocycles. The smallest absolute Gasteiger partial charge is 0.223 e. The molecule has 1 heterocycles. The van der Waals surface area contributed by atoms with Gasteiger partial charge < -0.3 is 10.6 Å². The van der Waals surface area contributed by atoms with Crippen LogP contribution >= 0.6 is 0 Å². The van der Waals surface area contributed by atoms with Crippen LogP contribution in [0.15, 0.2) is 30.3 Å². The molecule has 0 bridgehead atoms. The van der Waals surface area contributed by atoms with Crippen LogP contribution in [0.2, 0.25) is 0 Å². The fourth-order valence-electron chi connectivity index (χ4n) is 3.62. The van der Waals surface area contributed by atoms with E-state index in [4.69, 9.17) is 5.73 Å². The fraction of sp³-hybridized carbons (Fsp3) is 0.588. The van der Waals surface area contributed by atoms with Crippen LogP contribution in [0, 0.1) is 5.41 Å². The van der Waals surface area contributed by atoms with Gasteiger partial charge in [0.15, 0.2) is 0 Å². The number of carbonyl (C=O) groups is 1. The first-order valence-corrected chi connectivity index (χ1v) is 10.1. The lowest BCUT2D eigenvalue weighted by molar-refractivity contribution is -0.131. The summed E-state index contributed by atoms with van der Waals surface area (Å²) in [6.07, 6.45) is 3.23. The molecule has 1 saturated carbocycles. The van der Waals surface area contributed by atoms with Crippen molar-refractivity contribution >= 4 is 15.7 Å². The third kappa shape index (κ3) is 3.93. The molecular weight excluding hydrogens is 312 g/mol. The monoisotopic (exact) mass is 336 g/mol. The lowest BCUT2D eigenvalue weighted by Gasteiger charge is -2.20. The van der Waals surface area contributed by atoms with Crippen molar-refractivity contribution in [3.05, 3.63) is 35.9 Å². The quantitative estimate of drug-likeness (QED) is 0.875. The highest BCUT2D eigenvalue weighted by Gasteiger charge is 2.48. The number of nitrogens with zero attached hydrogens (tertiary/aromatic N) is 1. The number of rotatable bonds is 5. The van der Waals surface area contributed by atoms with Gasteiger partial charge in [0.1, 0.15) is 9.84 Å². The Hall–Kier alpha value is -1.40. The molecule has 0 spiro atoms. The van der Waals surface area contributed by atoms with E-state index in [9.17, 15) is 13.2 Å². The van der Waals surface area contributed by atoms with Crippen molar-refractivity contribution in [2.45, 2.75) is 31.2 Å². The Kier molecular flexibility index (Phi) is 4.23. The molecule has 6 heteroatoms. The minimum atomic E-state index is -3.05. The molecule has 0 unspecified atom stereocenters. The zero-order valence-corrected chi connectivity index (χ0v) is 14.3. The van der Waals surface area contributed by atoms with Gasteiger partial charge in [-0.05, 0) is 23.8 Å². The van der Waals surface area contributed by atoms with Gasteiger partial charge in [-0.15, -0.1) is 0 Å². The Balaban J connectivity index is 1.64. The van der Waals surface area contributed by atoms with Crippen LogP contribution in [0.1, 0.15) is 30.7 Å². The first-order valence-electron chi connectivity index (χ1n) is 8.04. The van der Waals surface area contributed by atoms with Gasteiger partial charge in [0.05, 0.1) is 5.75 Å². The molecule has 1 saturated heterocycles. The summed E-state index contributed by atoms with van der Waals surface area (Å²) in [7, 11) is -3.05. The number of likely N-dealkylation sites (tertiary alicyclic amines) is 1. The number of hydrogen-bond donors (Lipinski definition) is 1. The predicted octanol–water partition coefficient (Wildman–Crippen LogP) is 1.15. The van der Waals surface area contributed by atoms with E-state index in [1.54, 1.807) is 0 Å². The Morgan fingerprint density at radius 1 is 1.26 bits per heavy atom. The normalized spacial score (nSPS) is 26.3. The Morgan fingerprint density at radius 3 is 2.48 bits per heavy atom. The average Bonchev–Trinajstić information content (AvgIpc) is 3.08. The van der Waals surface area contributed by atoms with E-state index < -0.39 is 9.84 Å². The van der Waals surface area contributed by atoms with Gasteiger partial charge >= 0.3 is 0 Å². The summed E-state index contributed by atoms with van der Waals surface area (Å²) in [6.45, 7) is 1.17. The molecule has 1 aliphatic carbocycles. The maximum Gasteiger partial charge on any atom is 0.223 e. The summed E-state index contributed by atoms with van der Waals surface area (Å²) in [4.78, 5) is 14.4. The zero-order chi connectivity index (χ0) is 16.7. The van der Waals surface area contributed by atoms with Crippen LogP contribution in [0.4, 0.5) is 0 Å². The molecule has 5 nitrogen and oxygen atoms in total. The summed E-state index contributed by atoms with van der Waals surface area (Å²) in [5, 5.41) is 0. The van der Waals surface area contributed by atoms with E-state index in [0.717, 1.165) is 18.4 Å². The Morgan fingerprint density at radius 2 is 1.91 bits per heavy atom. The van der Waals surface area contributed by atoms with Gasteiger partial charge in [-0.1, -0.05) is 30.3 Å². The molecule has 2 N–H and O–H groups in total. The van der Waals surface area contributed by atoms with Crippen molar-refractivity contribution in [3.63, 3.8) is 0 Å². The van der Waals surface area contributed by atoms with Gasteiger partial charge in [0, 0.05) is 37.7 Å². The van der Waals surface area contributed by atoms with Gasteiger partial charge in [-0.25, -0.2) is 8.42 Å². The summed E-state index contributed by atoms with van der Waals surface area (Å²) >= 11 is 0. The second-order valence-corrected chi connectivity index (χ2v) is 9.37. The largest absolute Gasteiger partial charge is 0.340 e. The van der Waals surface area contributed by atoms with Crippen molar-refractivity contribution in [3.8, 4) is 0 Å². The van der Waals surface area contributed by atoms with E-state index in [0.29, 0.717) is 19.5 Å². The van der Waals surface area contributed by atoms with Crippen LogP contribution < -0.4 is 5.73 Å². The molecule has 126 valence electrons. The Labute approximate surface area is 137 Å². The van der Waals surface area contributed by atoms with E-state index in [1.165, 1.54) is 6.26 Å². The Bertz CT molecular complexity index is 683. The summed E-state index contributed by atoms with van der Waals surface area (Å²) in [5.41, 5.74) is 7.07. The third-order valence-corrected chi connectivity index (χ3v) is 6.13.